The first-order chi connectivity index (χ1) is 10.0. The second kappa shape index (κ2) is 6.41. The van der Waals surface area contributed by atoms with Gasteiger partial charge in [-0.25, -0.2) is 13.2 Å². The van der Waals surface area contributed by atoms with Crippen molar-refractivity contribution in [1.29, 1.82) is 0 Å². The van der Waals surface area contributed by atoms with E-state index in [1.165, 1.54) is 18.2 Å². The quantitative estimate of drug-likeness (QED) is 0.911. The molecule has 0 saturated carbocycles. The van der Waals surface area contributed by atoms with Crippen LogP contribution in [0.15, 0.2) is 42.5 Å². The second-order valence-electron chi connectivity index (χ2n) is 4.34. The van der Waals surface area contributed by atoms with Crippen molar-refractivity contribution in [2.24, 2.45) is 0 Å². The largest absolute Gasteiger partial charge is 0.386 e. The molecule has 2 aromatic carbocycles. The van der Waals surface area contributed by atoms with Gasteiger partial charge in [0, 0.05) is 12.1 Å². The summed E-state index contributed by atoms with van der Waals surface area (Å²) < 4.78 is 40.2. The first kappa shape index (κ1) is 15.1. The summed E-state index contributed by atoms with van der Waals surface area (Å²) in [5.74, 6) is -3.65. The van der Waals surface area contributed by atoms with Crippen LogP contribution < -0.4 is 5.32 Å². The molecule has 0 aliphatic heterocycles. The van der Waals surface area contributed by atoms with Gasteiger partial charge in [-0.2, -0.15) is 0 Å². The predicted octanol–water partition coefficient (Wildman–Crippen LogP) is 2.57. The highest BCUT2D eigenvalue weighted by Crippen LogP contribution is 2.16. The van der Waals surface area contributed by atoms with E-state index in [4.69, 9.17) is 0 Å². The fourth-order valence-electron chi connectivity index (χ4n) is 1.85. The number of halogens is 3. The Kier molecular flexibility index (Phi) is 4.59. The highest BCUT2D eigenvalue weighted by Gasteiger charge is 2.19. The third-order valence-corrected chi connectivity index (χ3v) is 2.91. The minimum Gasteiger partial charge on any atom is -0.386 e. The van der Waals surface area contributed by atoms with Crippen molar-refractivity contribution in [1.82, 2.24) is 5.32 Å². The van der Waals surface area contributed by atoms with Crippen molar-refractivity contribution in [3.05, 3.63) is 71.0 Å². The summed E-state index contributed by atoms with van der Waals surface area (Å²) in [7, 11) is 0. The number of aliphatic hydroxyl groups excluding tert-OH is 1. The zero-order chi connectivity index (χ0) is 15.4. The van der Waals surface area contributed by atoms with E-state index in [1.807, 2.05) is 0 Å². The SMILES string of the molecule is O=C(NCC(O)c1ccccc1F)c1c(F)cccc1F. The van der Waals surface area contributed by atoms with Gasteiger partial charge < -0.3 is 10.4 Å². The summed E-state index contributed by atoms with van der Waals surface area (Å²) in [5.41, 5.74) is -0.745. The molecular formula is C15H12F3NO2. The Bertz CT molecular complexity index is 641. The van der Waals surface area contributed by atoms with Gasteiger partial charge in [0.05, 0.1) is 6.10 Å². The molecule has 3 nitrogen and oxygen atoms in total. The molecule has 0 bridgehead atoms. The van der Waals surface area contributed by atoms with Crippen molar-refractivity contribution in [3.63, 3.8) is 0 Å². The lowest BCUT2D eigenvalue weighted by Crippen LogP contribution is -2.30. The van der Waals surface area contributed by atoms with Crippen LogP contribution in [0.4, 0.5) is 13.2 Å². The van der Waals surface area contributed by atoms with Crippen molar-refractivity contribution in [3.8, 4) is 0 Å². The number of nitrogens with one attached hydrogen (secondary N) is 1. The molecule has 1 amide bonds. The first-order valence-electron chi connectivity index (χ1n) is 6.15. The number of carbonyl (C=O) groups excluding carboxylic acids is 1. The lowest BCUT2D eigenvalue weighted by molar-refractivity contribution is 0.0905. The molecule has 2 N–H and O–H groups in total. The van der Waals surface area contributed by atoms with Gasteiger partial charge in [-0.3, -0.25) is 4.79 Å². The Morgan fingerprint density at radius 3 is 2.19 bits per heavy atom. The third-order valence-electron chi connectivity index (χ3n) is 2.91. The molecule has 1 atom stereocenters. The molecule has 0 aromatic heterocycles. The van der Waals surface area contributed by atoms with Crippen LogP contribution in [0.1, 0.15) is 22.0 Å². The van der Waals surface area contributed by atoms with Gasteiger partial charge in [-0.05, 0) is 18.2 Å². The Hall–Kier alpha value is -2.34. The summed E-state index contributed by atoms with van der Waals surface area (Å²) >= 11 is 0. The van der Waals surface area contributed by atoms with Gasteiger partial charge in [-0.1, -0.05) is 24.3 Å². The van der Waals surface area contributed by atoms with Crippen LogP contribution in [0, 0.1) is 17.5 Å². The Morgan fingerprint density at radius 1 is 1.00 bits per heavy atom. The molecule has 0 fully saturated rings. The zero-order valence-electron chi connectivity index (χ0n) is 10.8. The summed E-state index contributed by atoms with van der Waals surface area (Å²) in [6.07, 6.45) is -1.31. The molecular weight excluding hydrogens is 283 g/mol. The normalized spacial score (nSPS) is 12.0. The molecule has 21 heavy (non-hydrogen) atoms. The maximum atomic E-state index is 13.4. The molecule has 0 aliphatic carbocycles. The van der Waals surface area contributed by atoms with Crippen LogP contribution in [-0.2, 0) is 0 Å². The number of amides is 1. The number of aliphatic hydroxyl groups is 1. The number of carbonyl (C=O) groups is 1. The van der Waals surface area contributed by atoms with Gasteiger partial charge >= 0.3 is 0 Å². The Labute approximate surface area is 119 Å². The van der Waals surface area contributed by atoms with E-state index >= 15 is 0 Å². The van der Waals surface area contributed by atoms with Crippen LogP contribution >= 0.6 is 0 Å². The highest BCUT2D eigenvalue weighted by molar-refractivity contribution is 5.94. The minimum absolute atomic E-state index is 0.00759. The van der Waals surface area contributed by atoms with Gasteiger partial charge in [0.15, 0.2) is 0 Å². The molecule has 0 radical (unpaired) electrons. The monoisotopic (exact) mass is 295 g/mol. The smallest absolute Gasteiger partial charge is 0.257 e. The van der Waals surface area contributed by atoms with Crippen LogP contribution in [-0.4, -0.2) is 17.6 Å². The van der Waals surface area contributed by atoms with E-state index < -0.39 is 35.0 Å². The molecule has 110 valence electrons. The van der Waals surface area contributed by atoms with E-state index in [9.17, 15) is 23.1 Å². The molecule has 0 aliphatic rings. The van der Waals surface area contributed by atoms with Crippen molar-refractivity contribution >= 4 is 5.91 Å². The molecule has 2 rings (SSSR count). The van der Waals surface area contributed by atoms with Crippen LogP contribution in [0.25, 0.3) is 0 Å². The molecule has 1 unspecified atom stereocenters. The average molecular weight is 295 g/mol. The molecule has 0 heterocycles. The van der Waals surface area contributed by atoms with Crippen LogP contribution in [0.5, 0.6) is 0 Å². The number of rotatable bonds is 4. The second-order valence-corrected chi connectivity index (χ2v) is 4.34. The van der Waals surface area contributed by atoms with Crippen LogP contribution in [0.2, 0.25) is 0 Å². The first-order valence-corrected chi connectivity index (χ1v) is 6.15. The maximum Gasteiger partial charge on any atom is 0.257 e. The minimum atomic E-state index is -1.31. The Morgan fingerprint density at radius 2 is 1.57 bits per heavy atom. The molecule has 6 heteroatoms. The van der Waals surface area contributed by atoms with E-state index in [1.54, 1.807) is 0 Å². The van der Waals surface area contributed by atoms with Gasteiger partial charge in [0.2, 0.25) is 0 Å². The molecule has 2 aromatic rings. The zero-order valence-corrected chi connectivity index (χ0v) is 10.8. The highest BCUT2D eigenvalue weighted by atomic mass is 19.1. The number of benzene rings is 2. The van der Waals surface area contributed by atoms with Crippen molar-refractivity contribution in [2.75, 3.05) is 6.54 Å². The summed E-state index contributed by atoms with van der Waals surface area (Å²) in [6, 6.07) is 8.54. The summed E-state index contributed by atoms with van der Waals surface area (Å²) in [5, 5.41) is 12.0. The van der Waals surface area contributed by atoms with E-state index in [2.05, 4.69) is 5.32 Å². The van der Waals surface area contributed by atoms with Gasteiger partial charge in [0.1, 0.15) is 23.0 Å². The molecule has 0 saturated heterocycles. The topological polar surface area (TPSA) is 49.3 Å². The van der Waals surface area contributed by atoms with Gasteiger partial charge in [-0.15, -0.1) is 0 Å². The fraction of sp³-hybridized carbons (Fsp3) is 0.133. The average Bonchev–Trinajstić information content (AvgIpc) is 2.45. The lowest BCUT2D eigenvalue weighted by Gasteiger charge is -2.13. The fourth-order valence-corrected chi connectivity index (χ4v) is 1.85. The summed E-state index contributed by atoms with van der Waals surface area (Å²) in [6.45, 7) is -0.368. The van der Waals surface area contributed by atoms with Crippen molar-refractivity contribution in [2.45, 2.75) is 6.10 Å². The number of hydrogen-bond donors (Lipinski definition) is 2. The van der Waals surface area contributed by atoms with Crippen molar-refractivity contribution < 1.29 is 23.1 Å². The maximum absolute atomic E-state index is 13.4. The standard InChI is InChI=1S/C15H12F3NO2/c16-10-5-2-1-4-9(10)13(20)8-19-15(21)14-11(17)6-3-7-12(14)18/h1-7,13,20H,8H2,(H,19,21). The Balaban J connectivity index is 2.06. The third kappa shape index (κ3) is 3.41. The lowest BCUT2D eigenvalue weighted by atomic mass is 10.1. The predicted molar refractivity (Wildman–Crippen MR) is 70.1 cm³/mol. The van der Waals surface area contributed by atoms with E-state index in [0.717, 1.165) is 24.3 Å². The van der Waals surface area contributed by atoms with E-state index in [-0.39, 0.29) is 12.1 Å². The van der Waals surface area contributed by atoms with E-state index in [0.29, 0.717) is 0 Å². The summed E-state index contributed by atoms with van der Waals surface area (Å²) in [4.78, 5) is 11.7. The van der Waals surface area contributed by atoms with Gasteiger partial charge in [0.25, 0.3) is 5.91 Å². The molecule has 0 spiro atoms. The number of hydrogen-bond acceptors (Lipinski definition) is 2. The van der Waals surface area contributed by atoms with Crippen LogP contribution in [0.3, 0.4) is 0 Å².